The zero-order valence-corrected chi connectivity index (χ0v) is 14.1. The Hall–Kier alpha value is -0.990. The van der Waals surface area contributed by atoms with Crippen molar-refractivity contribution in [2.24, 2.45) is 0 Å². The van der Waals surface area contributed by atoms with Crippen molar-refractivity contribution in [3.05, 3.63) is 63.1 Å². The largest absolute Gasteiger partial charge is 0.378 e. The van der Waals surface area contributed by atoms with Crippen LogP contribution in [0.25, 0.3) is 0 Å². The van der Waals surface area contributed by atoms with E-state index >= 15 is 0 Å². The number of aryl methyl sites for hydroxylation is 1. The van der Waals surface area contributed by atoms with Crippen LogP contribution in [0.2, 0.25) is 5.02 Å². The average molecular weight is 353 g/mol. The van der Waals surface area contributed by atoms with E-state index in [4.69, 9.17) is 11.6 Å². The first-order valence-corrected chi connectivity index (χ1v) is 8.11. The highest BCUT2D eigenvalue weighted by molar-refractivity contribution is 9.10. The molecule has 2 aromatic rings. The van der Waals surface area contributed by atoms with Crippen LogP contribution >= 0.6 is 27.5 Å². The molecule has 0 saturated heterocycles. The SMILES string of the molecule is CCc1ccc(C(CC)Nc2ccc(Br)c(Cl)c2)cc1. The maximum absolute atomic E-state index is 6.14. The van der Waals surface area contributed by atoms with Crippen molar-refractivity contribution in [2.45, 2.75) is 32.7 Å². The van der Waals surface area contributed by atoms with E-state index in [1.54, 1.807) is 0 Å². The standard InChI is InChI=1S/C17H19BrClN/c1-3-12-5-7-13(8-6-12)17(4-2)20-14-9-10-15(18)16(19)11-14/h5-11,17,20H,3-4H2,1-2H3. The molecule has 0 fully saturated rings. The Bertz CT molecular complexity index is 566. The van der Waals surface area contributed by atoms with Gasteiger partial charge in [0, 0.05) is 10.2 Å². The monoisotopic (exact) mass is 351 g/mol. The van der Waals surface area contributed by atoms with Crippen LogP contribution in [-0.4, -0.2) is 0 Å². The molecule has 3 heteroatoms. The predicted octanol–water partition coefficient (Wildman–Crippen LogP) is 6.23. The Morgan fingerprint density at radius 1 is 1.10 bits per heavy atom. The number of benzene rings is 2. The van der Waals surface area contributed by atoms with Gasteiger partial charge in [0.25, 0.3) is 0 Å². The van der Waals surface area contributed by atoms with Crippen molar-refractivity contribution in [3.63, 3.8) is 0 Å². The highest BCUT2D eigenvalue weighted by Gasteiger charge is 2.09. The minimum absolute atomic E-state index is 0.304. The van der Waals surface area contributed by atoms with Crippen LogP contribution in [0, 0.1) is 0 Å². The van der Waals surface area contributed by atoms with Crippen LogP contribution in [0.4, 0.5) is 5.69 Å². The molecule has 0 heterocycles. The molecule has 2 aromatic carbocycles. The summed E-state index contributed by atoms with van der Waals surface area (Å²) in [7, 11) is 0. The number of anilines is 1. The normalized spacial score (nSPS) is 12.2. The second-order valence-corrected chi connectivity index (χ2v) is 6.09. The van der Waals surface area contributed by atoms with Gasteiger partial charge in [-0.3, -0.25) is 0 Å². The molecule has 0 saturated carbocycles. The van der Waals surface area contributed by atoms with E-state index in [0.717, 1.165) is 28.0 Å². The van der Waals surface area contributed by atoms with E-state index in [1.165, 1.54) is 11.1 Å². The molecule has 0 amide bonds. The summed E-state index contributed by atoms with van der Waals surface area (Å²) >= 11 is 9.55. The number of halogens is 2. The maximum Gasteiger partial charge on any atom is 0.0568 e. The Morgan fingerprint density at radius 3 is 2.35 bits per heavy atom. The second-order valence-electron chi connectivity index (χ2n) is 4.83. The quantitative estimate of drug-likeness (QED) is 0.672. The minimum Gasteiger partial charge on any atom is -0.378 e. The molecule has 1 unspecified atom stereocenters. The third-order valence-corrected chi connectivity index (χ3v) is 4.69. The lowest BCUT2D eigenvalue weighted by Crippen LogP contribution is -2.09. The van der Waals surface area contributed by atoms with Crippen molar-refractivity contribution >= 4 is 33.2 Å². The molecular weight excluding hydrogens is 334 g/mol. The lowest BCUT2D eigenvalue weighted by molar-refractivity contribution is 0.749. The lowest BCUT2D eigenvalue weighted by Gasteiger charge is -2.19. The van der Waals surface area contributed by atoms with Crippen LogP contribution in [0.5, 0.6) is 0 Å². The van der Waals surface area contributed by atoms with Gasteiger partial charge in [0.2, 0.25) is 0 Å². The van der Waals surface area contributed by atoms with Crippen molar-refractivity contribution in [2.75, 3.05) is 5.32 Å². The Morgan fingerprint density at radius 2 is 1.80 bits per heavy atom. The van der Waals surface area contributed by atoms with Crippen molar-refractivity contribution in [3.8, 4) is 0 Å². The number of hydrogen-bond donors (Lipinski definition) is 1. The van der Waals surface area contributed by atoms with E-state index in [0.29, 0.717) is 6.04 Å². The summed E-state index contributed by atoms with van der Waals surface area (Å²) in [5.41, 5.74) is 3.73. The van der Waals surface area contributed by atoms with Crippen LogP contribution in [0.15, 0.2) is 46.9 Å². The molecule has 0 aromatic heterocycles. The molecule has 0 radical (unpaired) electrons. The third kappa shape index (κ3) is 3.77. The zero-order chi connectivity index (χ0) is 14.5. The fourth-order valence-corrected chi connectivity index (χ4v) is 2.62. The molecule has 2 rings (SSSR count). The maximum atomic E-state index is 6.14. The summed E-state index contributed by atoms with van der Waals surface area (Å²) in [5.74, 6) is 0. The molecule has 1 atom stereocenters. The van der Waals surface area contributed by atoms with Gasteiger partial charge in [0.05, 0.1) is 11.1 Å². The second kappa shape index (κ2) is 7.14. The van der Waals surface area contributed by atoms with Crippen molar-refractivity contribution < 1.29 is 0 Å². The van der Waals surface area contributed by atoms with Crippen molar-refractivity contribution in [1.29, 1.82) is 0 Å². The first kappa shape index (κ1) is 15.4. The number of nitrogens with one attached hydrogen (secondary N) is 1. The van der Waals surface area contributed by atoms with Gasteiger partial charge in [-0.15, -0.1) is 0 Å². The predicted molar refractivity (Wildman–Crippen MR) is 91.6 cm³/mol. The summed E-state index contributed by atoms with van der Waals surface area (Å²) in [5, 5.41) is 4.27. The van der Waals surface area contributed by atoms with Crippen molar-refractivity contribution in [1.82, 2.24) is 0 Å². The highest BCUT2D eigenvalue weighted by Crippen LogP contribution is 2.29. The van der Waals surface area contributed by atoms with Crippen LogP contribution in [-0.2, 0) is 6.42 Å². The van der Waals surface area contributed by atoms with E-state index in [1.807, 2.05) is 18.2 Å². The zero-order valence-electron chi connectivity index (χ0n) is 11.8. The van der Waals surface area contributed by atoms with E-state index < -0.39 is 0 Å². The molecule has 0 bridgehead atoms. The first-order valence-electron chi connectivity index (χ1n) is 6.94. The van der Waals surface area contributed by atoms with E-state index in [2.05, 4.69) is 59.4 Å². The molecule has 20 heavy (non-hydrogen) atoms. The van der Waals surface area contributed by atoms with Gasteiger partial charge >= 0.3 is 0 Å². The molecule has 1 N–H and O–H groups in total. The fraction of sp³-hybridized carbons (Fsp3) is 0.294. The summed E-state index contributed by atoms with van der Waals surface area (Å²) in [6, 6.07) is 15.1. The molecule has 0 aliphatic carbocycles. The summed E-state index contributed by atoms with van der Waals surface area (Å²) in [4.78, 5) is 0. The Balaban J connectivity index is 2.16. The molecular formula is C17H19BrClN. The molecule has 0 aliphatic rings. The first-order chi connectivity index (χ1) is 9.63. The van der Waals surface area contributed by atoms with Gasteiger partial charge in [-0.1, -0.05) is 49.7 Å². The van der Waals surface area contributed by atoms with Gasteiger partial charge in [0.15, 0.2) is 0 Å². The van der Waals surface area contributed by atoms with Gasteiger partial charge in [-0.2, -0.15) is 0 Å². The minimum atomic E-state index is 0.304. The average Bonchev–Trinajstić information content (AvgIpc) is 2.48. The molecule has 0 aliphatic heterocycles. The summed E-state index contributed by atoms with van der Waals surface area (Å²) < 4.78 is 0.921. The molecule has 0 spiro atoms. The lowest BCUT2D eigenvalue weighted by atomic mass is 10.0. The van der Waals surface area contributed by atoms with Crippen LogP contribution in [0.1, 0.15) is 37.4 Å². The van der Waals surface area contributed by atoms with E-state index in [9.17, 15) is 0 Å². The van der Waals surface area contributed by atoms with Gasteiger partial charge in [0.1, 0.15) is 0 Å². The van der Waals surface area contributed by atoms with E-state index in [-0.39, 0.29) is 0 Å². The van der Waals surface area contributed by atoms with Crippen LogP contribution in [0.3, 0.4) is 0 Å². The number of hydrogen-bond acceptors (Lipinski definition) is 1. The highest BCUT2D eigenvalue weighted by atomic mass is 79.9. The Kier molecular flexibility index (Phi) is 5.50. The van der Waals surface area contributed by atoms with Gasteiger partial charge < -0.3 is 5.32 Å². The third-order valence-electron chi connectivity index (χ3n) is 3.46. The summed E-state index contributed by atoms with van der Waals surface area (Å²) in [6.45, 7) is 4.36. The number of rotatable bonds is 5. The smallest absolute Gasteiger partial charge is 0.0568 e. The fourth-order valence-electron chi connectivity index (χ4n) is 2.19. The molecule has 106 valence electrons. The topological polar surface area (TPSA) is 12.0 Å². The molecule has 1 nitrogen and oxygen atoms in total. The summed E-state index contributed by atoms with van der Waals surface area (Å²) in [6.07, 6.45) is 2.10. The van der Waals surface area contributed by atoms with Gasteiger partial charge in [-0.05, 0) is 58.1 Å². The Labute approximate surface area is 134 Å². The van der Waals surface area contributed by atoms with Crippen LogP contribution < -0.4 is 5.32 Å². The van der Waals surface area contributed by atoms with Gasteiger partial charge in [-0.25, -0.2) is 0 Å².